The molecule has 3 heteroatoms. The molecule has 0 spiro atoms. The minimum absolute atomic E-state index is 0. The first-order valence-corrected chi connectivity index (χ1v) is 5.17. The van der Waals surface area contributed by atoms with Crippen LogP contribution in [0.1, 0.15) is 7.43 Å². The van der Waals surface area contributed by atoms with E-state index in [-0.39, 0.29) is 7.43 Å². The molecular formula is CH4ClOSn. The van der Waals surface area contributed by atoms with Crippen molar-refractivity contribution < 1.29 is 3.08 Å². The standard InChI is InChI=1S/CH4.ClH.O.Sn/h1H4;1H;;/q;;;+1/p-1. The number of hydrogen-bond acceptors (Lipinski definition) is 1. The van der Waals surface area contributed by atoms with Crippen LogP contribution in [0.4, 0.5) is 0 Å². The van der Waals surface area contributed by atoms with E-state index in [1.807, 2.05) is 0 Å². The van der Waals surface area contributed by atoms with Gasteiger partial charge in [-0.15, -0.1) is 0 Å². The van der Waals surface area contributed by atoms with Gasteiger partial charge in [0.25, 0.3) is 0 Å². The number of rotatable bonds is 0. The predicted molar refractivity (Wildman–Crippen MR) is 19.0 cm³/mol. The van der Waals surface area contributed by atoms with Crippen molar-refractivity contribution in [2.45, 2.75) is 7.43 Å². The van der Waals surface area contributed by atoms with Crippen molar-refractivity contribution in [3.8, 4) is 0 Å². The first kappa shape index (κ1) is 8.86. The van der Waals surface area contributed by atoms with Gasteiger partial charge in [0.1, 0.15) is 0 Å². The SMILES string of the molecule is C.[O]=[Sn][Cl]. The van der Waals surface area contributed by atoms with E-state index in [4.69, 9.17) is 3.08 Å². The van der Waals surface area contributed by atoms with E-state index in [0.717, 1.165) is 0 Å². The Hall–Kier alpha value is 0.889. The van der Waals surface area contributed by atoms with Crippen molar-refractivity contribution in [3.63, 3.8) is 0 Å². The Morgan fingerprint density at radius 1 is 1.75 bits per heavy atom. The quantitative estimate of drug-likeness (QED) is 0.512. The summed E-state index contributed by atoms with van der Waals surface area (Å²) >= 11 is -1.55. The first-order valence-electron chi connectivity index (χ1n) is 0.393. The Labute approximate surface area is 39.7 Å². The summed E-state index contributed by atoms with van der Waals surface area (Å²) in [5.74, 6) is 0. The average Bonchev–Trinajstić information content (AvgIpc) is 0.918. The van der Waals surface area contributed by atoms with E-state index >= 15 is 0 Å². The van der Waals surface area contributed by atoms with Gasteiger partial charge in [0.2, 0.25) is 0 Å². The fourth-order valence-electron chi connectivity index (χ4n) is 0. The molecule has 0 saturated carbocycles. The Morgan fingerprint density at radius 2 is 1.75 bits per heavy atom. The maximum atomic E-state index is 8.87. The van der Waals surface area contributed by atoms with Crippen molar-refractivity contribution in [2.24, 2.45) is 0 Å². The fourth-order valence-corrected chi connectivity index (χ4v) is 0. The Balaban J connectivity index is 0. The molecule has 0 fully saturated rings. The molecule has 25 valence electrons. The van der Waals surface area contributed by atoms with Gasteiger partial charge < -0.3 is 0 Å². The van der Waals surface area contributed by atoms with Crippen LogP contribution in [0.25, 0.3) is 0 Å². The van der Waals surface area contributed by atoms with Gasteiger partial charge in [0.05, 0.1) is 0 Å². The molecule has 0 aromatic rings. The molecule has 0 aliphatic carbocycles. The summed E-state index contributed by atoms with van der Waals surface area (Å²) in [6.45, 7) is 0. The molecule has 0 N–H and O–H groups in total. The van der Waals surface area contributed by atoms with E-state index in [1.165, 1.54) is 0 Å². The summed E-state index contributed by atoms with van der Waals surface area (Å²) in [6, 6.07) is 0. The molecule has 0 atom stereocenters. The van der Waals surface area contributed by atoms with Gasteiger partial charge in [-0.05, 0) is 0 Å². The second-order valence-corrected chi connectivity index (χ2v) is 1.55. The van der Waals surface area contributed by atoms with Crippen molar-refractivity contribution >= 4 is 28.9 Å². The Kier molecular flexibility index (Phi) is 20.1. The molecule has 0 aromatic heterocycles. The first-order chi connectivity index (χ1) is 1.41. The zero-order valence-corrected chi connectivity index (χ0v) is 4.90. The average molecular weight is 186 g/mol. The van der Waals surface area contributed by atoms with Crippen LogP contribution in [-0.4, -0.2) is 20.0 Å². The molecule has 0 aliphatic rings. The second-order valence-electron chi connectivity index (χ2n) is 0.0772. The third-order valence-corrected chi connectivity index (χ3v) is 0. The van der Waals surface area contributed by atoms with Gasteiger partial charge in [-0.2, -0.15) is 0 Å². The molecule has 0 bridgehead atoms. The number of halogens is 1. The van der Waals surface area contributed by atoms with Gasteiger partial charge in [0, 0.05) is 0 Å². The zero-order valence-electron chi connectivity index (χ0n) is 1.29. The van der Waals surface area contributed by atoms with Gasteiger partial charge in [-0.3, -0.25) is 0 Å². The molecule has 0 rings (SSSR count). The summed E-state index contributed by atoms with van der Waals surface area (Å²) in [5, 5.41) is 0. The van der Waals surface area contributed by atoms with Crippen LogP contribution in [-0.2, 0) is 3.08 Å². The summed E-state index contributed by atoms with van der Waals surface area (Å²) < 4.78 is 8.87. The molecule has 0 amide bonds. The molecule has 1 nitrogen and oxygen atoms in total. The van der Waals surface area contributed by atoms with E-state index in [9.17, 15) is 0 Å². The Bertz CT molecular complexity index is 15.5. The molecule has 0 heterocycles. The Morgan fingerprint density at radius 3 is 1.75 bits per heavy atom. The monoisotopic (exact) mass is 187 g/mol. The summed E-state index contributed by atoms with van der Waals surface area (Å²) in [4.78, 5) is 0. The minimum atomic E-state index is -1.55. The van der Waals surface area contributed by atoms with Crippen molar-refractivity contribution in [3.05, 3.63) is 0 Å². The summed E-state index contributed by atoms with van der Waals surface area (Å²) in [6.07, 6.45) is 0. The fraction of sp³-hybridized carbons (Fsp3) is 1.00. The number of hydrogen-bond donors (Lipinski definition) is 0. The van der Waals surface area contributed by atoms with Crippen LogP contribution in [0, 0.1) is 0 Å². The van der Waals surface area contributed by atoms with Crippen LogP contribution in [0.3, 0.4) is 0 Å². The van der Waals surface area contributed by atoms with Gasteiger partial charge in [0.15, 0.2) is 0 Å². The van der Waals surface area contributed by atoms with E-state index < -0.39 is 20.0 Å². The van der Waals surface area contributed by atoms with Crippen LogP contribution in [0.15, 0.2) is 0 Å². The summed E-state index contributed by atoms with van der Waals surface area (Å²) in [7, 11) is 4.61. The maximum absolute atomic E-state index is 8.87. The van der Waals surface area contributed by atoms with Crippen LogP contribution in [0.2, 0.25) is 0 Å². The third-order valence-electron chi connectivity index (χ3n) is 0. The van der Waals surface area contributed by atoms with E-state index in [1.54, 1.807) is 0 Å². The topological polar surface area (TPSA) is 17.1 Å². The third kappa shape index (κ3) is 13.0. The molecule has 0 saturated heterocycles. The molecular weight excluding hydrogens is 182 g/mol. The normalized spacial score (nSPS) is 3.25. The summed E-state index contributed by atoms with van der Waals surface area (Å²) in [5.41, 5.74) is 0. The van der Waals surface area contributed by atoms with Crippen molar-refractivity contribution in [1.82, 2.24) is 0 Å². The van der Waals surface area contributed by atoms with Crippen LogP contribution >= 0.6 is 8.92 Å². The van der Waals surface area contributed by atoms with Gasteiger partial charge >= 0.3 is 32.0 Å². The van der Waals surface area contributed by atoms with Gasteiger partial charge in [-0.25, -0.2) is 0 Å². The van der Waals surface area contributed by atoms with Gasteiger partial charge in [-0.1, -0.05) is 7.43 Å². The predicted octanol–water partition coefficient (Wildman–Crippen LogP) is 0.826. The molecule has 0 aromatic carbocycles. The molecule has 4 heavy (non-hydrogen) atoms. The second kappa shape index (κ2) is 9.10. The van der Waals surface area contributed by atoms with E-state index in [2.05, 4.69) is 8.92 Å². The van der Waals surface area contributed by atoms with E-state index in [0.29, 0.717) is 0 Å². The zero-order chi connectivity index (χ0) is 2.71. The van der Waals surface area contributed by atoms with Crippen LogP contribution < -0.4 is 0 Å². The molecule has 0 unspecified atom stereocenters. The van der Waals surface area contributed by atoms with Crippen LogP contribution in [0.5, 0.6) is 0 Å². The molecule has 0 aliphatic heterocycles. The van der Waals surface area contributed by atoms with Crippen molar-refractivity contribution in [2.75, 3.05) is 0 Å². The van der Waals surface area contributed by atoms with Crippen molar-refractivity contribution in [1.29, 1.82) is 0 Å². The molecule has 1 radical (unpaired) electrons.